The Morgan fingerprint density at radius 1 is 1.10 bits per heavy atom. The minimum Gasteiger partial charge on any atom is -0.390 e. The van der Waals surface area contributed by atoms with Gasteiger partial charge in [0.15, 0.2) is 22.1 Å². The Balaban J connectivity index is 1.47. The standard InChI is InChI=1S/C21H26N6O3S/c1-2-8-31-21-23-19(22-13-9-12(13)11-6-4-3-5-7-11)16-20(24-21)27(26-25-16)14-10-15(28)18(30)17(14)29/h3-7,12-15,17-18,28-30H,2,8-10H2,1H3,(H,22,23,24)/t12?,13?,14-,15+,17+,18-/m0/s1. The van der Waals surface area contributed by atoms with Gasteiger partial charge in [0.25, 0.3) is 0 Å². The molecule has 2 unspecified atom stereocenters. The lowest BCUT2D eigenvalue weighted by Crippen LogP contribution is -2.31. The Labute approximate surface area is 183 Å². The highest BCUT2D eigenvalue weighted by Crippen LogP contribution is 2.43. The average molecular weight is 443 g/mol. The van der Waals surface area contributed by atoms with E-state index < -0.39 is 24.4 Å². The van der Waals surface area contributed by atoms with Gasteiger partial charge in [0.1, 0.15) is 12.2 Å². The van der Waals surface area contributed by atoms with Crippen LogP contribution in [0.5, 0.6) is 0 Å². The lowest BCUT2D eigenvalue weighted by molar-refractivity contribution is -0.0253. The van der Waals surface area contributed by atoms with E-state index in [2.05, 4.69) is 51.8 Å². The lowest BCUT2D eigenvalue weighted by Gasteiger charge is -2.16. The fourth-order valence-corrected chi connectivity index (χ4v) is 4.91. The molecule has 5 rings (SSSR count). The lowest BCUT2D eigenvalue weighted by atomic mass is 10.1. The molecule has 10 heteroatoms. The van der Waals surface area contributed by atoms with Crippen LogP contribution in [0.25, 0.3) is 11.2 Å². The van der Waals surface area contributed by atoms with Crippen molar-refractivity contribution in [3.05, 3.63) is 35.9 Å². The summed E-state index contributed by atoms with van der Waals surface area (Å²) in [4.78, 5) is 9.34. The molecule has 2 aliphatic rings. The number of aromatic nitrogens is 5. The van der Waals surface area contributed by atoms with Crippen LogP contribution in [0.3, 0.4) is 0 Å². The second-order valence-corrected chi connectivity index (χ2v) is 9.33. The summed E-state index contributed by atoms with van der Waals surface area (Å²) in [5, 5.41) is 43.0. The van der Waals surface area contributed by atoms with E-state index >= 15 is 0 Å². The maximum atomic E-state index is 10.4. The fraction of sp³-hybridized carbons (Fsp3) is 0.524. The van der Waals surface area contributed by atoms with Crippen LogP contribution in [0.15, 0.2) is 35.5 Å². The summed E-state index contributed by atoms with van der Waals surface area (Å²) in [6, 6.07) is 10.1. The monoisotopic (exact) mass is 442 g/mol. The average Bonchev–Trinajstić information content (AvgIpc) is 3.35. The molecular formula is C21H26N6O3S. The summed E-state index contributed by atoms with van der Waals surface area (Å²) in [5.74, 6) is 1.94. The summed E-state index contributed by atoms with van der Waals surface area (Å²) >= 11 is 1.56. The molecule has 164 valence electrons. The zero-order valence-corrected chi connectivity index (χ0v) is 18.0. The van der Waals surface area contributed by atoms with Gasteiger partial charge in [0.2, 0.25) is 0 Å². The summed E-state index contributed by atoms with van der Waals surface area (Å²) in [5.41, 5.74) is 2.33. The van der Waals surface area contributed by atoms with Crippen molar-refractivity contribution in [3.8, 4) is 0 Å². The highest BCUT2D eigenvalue weighted by Gasteiger charge is 2.43. The van der Waals surface area contributed by atoms with Gasteiger partial charge in [-0.15, -0.1) is 5.10 Å². The summed E-state index contributed by atoms with van der Waals surface area (Å²) in [6.45, 7) is 2.10. The predicted octanol–water partition coefficient (Wildman–Crippen LogP) is 1.72. The quantitative estimate of drug-likeness (QED) is 0.319. The van der Waals surface area contributed by atoms with E-state index in [1.54, 1.807) is 11.8 Å². The molecular weight excluding hydrogens is 416 g/mol. The number of hydrogen-bond acceptors (Lipinski definition) is 9. The minimum absolute atomic E-state index is 0.184. The smallest absolute Gasteiger partial charge is 0.191 e. The first-order chi connectivity index (χ1) is 15.1. The number of benzene rings is 1. The number of aliphatic hydroxyl groups is 3. The largest absolute Gasteiger partial charge is 0.390 e. The number of fused-ring (bicyclic) bond motifs is 1. The Bertz CT molecular complexity index is 1060. The molecule has 31 heavy (non-hydrogen) atoms. The van der Waals surface area contributed by atoms with Crippen LogP contribution in [-0.2, 0) is 0 Å². The summed E-state index contributed by atoms with van der Waals surface area (Å²) in [7, 11) is 0. The van der Waals surface area contributed by atoms with E-state index in [0.717, 1.165) is 18.6 Å². The second-order valence-electron chi connectivity index (χ2n) is 8.26. The molecule has 2 aliphatic carbocycles. The van der Waals surface area contributed by atoms with Crippen LogP contribution in [0.2, 0.25) is 0 Å². The second kappa shape index (κ2) is 8.34. The van der Waals surface area contributed by atoms with Crippen LogP contribution in [0, 0.1) is 0 Å². The Kier molecular flexibility index (Phi) is 5.55. The number of rotatable bonds is 7. The van der Waals surface area contributed by atoms with Gasteiger partial charge in [0.05, 0.1) is 12.1 Å². The molecule has 4 N–H and O–H groups in total. The molecule has 0 spiro atoms. The number of anilines is 1. The molecule has 1 aromatic carbocycles. The van der Waals surface area contributed by atoms with Crippen LogP contribution in [0.4, 0.5) is 5.82 Å². The first-order valence-electron chi connectivity index (χ1n) is 10.7. The Morgan fingerprint density at radius 2 is 1.90 bits per heavy atom. The molecule has 2 aromatic heterocycles. The van der Waals surface area contributed by atoms with Crippen LogP contribution >= 0.6 is 11.8 Å². The van der Waals surface area contributed by atoms with E-state index in [-0.39, 0.29) is 12.5 Å². The number of nitrogens with zero attached hydrogens (tertiary/aromatic N) is 5. The van der Waals surface area contributed by atoms with E-state index in [1.165, 1.54) is 10.2 Å². The zero-order valence-electron chi connectivity index (χ0n) is 17.2. The molecule has 0 aliphatic heterocycles. The van der Waals surface area contributed by atoms with Crippen molar-refractivity contribution >= 4 is 28.7 Å². The number of thioether (sulfide) groups is 1. The van der Waals surface area contributed by atoms with E-state index in [1.807, 2.05) is 6.07 Å². The summed E-state index contributed by atoms with van der Waals surface area (Å²) < 4.78 is 1.52. The highest BCUT2D eigenvalue weighted by molar-refractivity contribution is 7.99. The van der Waals surface area contributed by atoms with Gasteiger partial charge in [-0.25, -0.2) is 14.6 Å². The molecule has 0 saturated heterocycles. The third kappa shape index (κ3) is 3.89. The van der Waals surface area contributed by atoms with Gasteiger partial charge in [0, 0.05) is 24.1 Å². The maximum Gasteiger partial charge on any atom is 0.191 e. The number of aliphatic hydroxyl groups excluding tert-OH is 3. The molecule has 3 aromatic rings. The van der Waals surface area contributed by atoms with E-state index in [9.17, 15) is 15.3 Å². The van der Waals surface area contributed by atoms with Crippen LogP contribution in [-0.4, -0.2) is 70.4 Å². The van der Waals surface area contributed by atoms with Gasteiger partial charge < -0.3 is 20.6 Å². The van der Waals surface area contributed by atoms with Crippen molar-refractivity contribution in [2.75, 3.05) is 11.1 Å². The van der Waals surface area contributed by atoms with Crippen molar-refractivity contribution < 1.29 is 15.3 Å². The third-order valence-corrected chi connectivity index (χ3v) is 7.07. The van der Waals surface area contributed by atoms with Gasteiger partial charge >= 0.3 is 0 Å². The minimum atomic E-state index is -1.21. The number of hydrogen-bond donors (Lipinski definition) is 4. The van der Waals surface area contributed by atoms with Gasteiger partial charge in [-0.1, -0.05) is 54.2 Å². The highest BCUT2D eigenvalue weighted by atomic mass is 32.2. The predicted molar refractivity (Wildman–Crippen MR) is 117 cm³/mol. The molecule has 0 bridgehead atoms. The molecule has 0 radical (unpaired) electrons. The Morgan fingerprint density at radius 3 is 2.61 bits per heavy atom. The first-order valence-corrected chi connectivity index (χ1v) is 11.7. The Hall–Kier alpha value is -2.27. The molecule has 2 saturated carbocycles. The van der Waals surface area contributed by atoms with Gasteiger partial charge in [-0.3, -0.25) is 0 Å². The SMILES string of the molecule is CCCSc1nc(NC2CC2c2ccccc2)c2nnn([C@H]3C[C@@H](O)[C@H](O)[C@@H]3O)c2n1. The fourth-order valence-electron chi connectivity index (χ4n) is 4.22. The van der Waals surface area contributed by atoms with Crippen LogP contribution < -0.4 is 5.32 Å². The van der Waals surface area contributed by atoms with Gasteiger partial charge in [-0.05, 0) is 18.4 Å². The molecule has 9 nitrogen and oxygen atoms in total. The van der Waals surface area contributed by atoms with Crippen molar-refractivity contribution in [2.24, 2.45) is 0 Å². The van der Waals surface area contributed by atoms with E-state index in [4.69, 9.17) is 4.98 Å². The van der Waals surface area contributed by atoms with E-state index in [0.29, 0.717) is 28.1 Å². The maximum absolute atomic E-state index is 10.4. The third-order valence-electron chi connectivity index (χ3n) is 6.01. The van der Waals surface area contributed by atoms with Crippen LogP contribution in [0.1, 0.15) is 43.7 Å². The molecule has 6 atom stereocenters. The normalized spacial score (nSPS) is 30.1. The molecule has 2 fully saturated rings. The van der Waals surface area contributed by atoms with Gasteiger partial charge in [-0.2, -0.15) is 0 Å². The number of nitrogens with one attached hydrogen (secondary N) is 1. The van der Waals surface area contributed by atoms with Crippen molar-refractivity contribution in [1.82, 2.24) is 25.0 Å². The van der Waals surface area contributed by atoms with Crippen molar-refractivity contribution in [2.45, 2.75) is 67.7 Å². The molecule has 0 amide bonds. The summed E-state index contributed by atoms with van der Waals surface area (Å²) in [6.07, 6.45) is -1.17. The topological polar surface area (TPSA) is 129 Å². The molecule has 2 heterocycles. The zero-order chi connectivity index (χ0) is 21.5. The first kappa shape index (κ1) is 20.6. The van der Waals surface area contributed by atoms with Crippen molar-refractivity contribution in [1.29, 1.82) is 0 Å². The van der Waals surface area contributed by atoms with Crippen molar-refractivity contribution in [3.63, 3.8) is 0 Å².